The van der Waals surface area contributed by atoms with Crippen LogP contribution in [0.2, 0.25) is 0 Å². The topological polar surface area (TPSA) is 63.3 Å². The molecule has 0 bridgehead atoms. The second kappa shape index (κ2) is 6.00. The van der Waals surface area contributed by atoms with Gasteiger partial charge in [0.2, 0.25) is 0 Å². The maximum atomic E-state index is 10.3. The van der Waals surface area contributed by atoms with Crippen molar-refractivity contribution < 1.29 is 9.90 Å². The van der Waals surface area contributed by atoms with Crippen LogP contribution in [0, 0.1) is 5.92 Å². The van der Waals surface area contributed by atoms with Crippen LogP contribution in [0.1, 0.15) is 39.5 Å². The molecule has 0 aromatic heterocycles. The molecule has 1 atom stereocenters. The van der Waals surface area contributed by atoms with Gasteiger partial charge in [0, 0.05) is 0 Å². The van der Waals surface area contributed by atoms with E-state index >= 15 is 0 Å². The lowest BCUT2D eigenvalue weighted by molar-refractivity contribution is -0.138. The van der Waals surface area contributed by atoms with Crippen LogP contribution in [0.3, 0.4) is 0 Å². The molecule has 0 spiro atoms. The summed E-state index contributed by atoms with van der Waals surface area (Å²) in [5, 5.41) is 8.47. The number of unbranched alkanes of at least 4 members (excludes halogenated alkanes) is 1. The highest BCUT2D eigenvalue weighted by Gasteiger charge is 2.09. The summed E-state index contributed by atoms with van der Waals surface area (Å²) >= 11 is 0. The molecule has 0 aromatic carbocycles. The minimum Gasteiger partial charge on any atom is -0.480 e. The summed E-state index contributed by atoms with van der Waals surface area (Å²) < 4.78 is 0. The Balaban J connectivity index is 3.25. The van der Waals surface area contributed by atoms with Crippen LogP contribution >= 0.6 is 0 Å². The van der Waals surface area contributed by atoms with Crippen molar-refractivity contribution in [2.24, 2.45) is 11.7 Å². The monoisotopic (exact) mass is 173 g/mol. The lowest BCUT2D eigenvalue weighted by Crippen LogP contribution is -2.29. The number of nitrogens with two attached hydrogens (primary N) is 1. The molecule has 0 aliphatic rings. The van der Waals surface area contributed by atoms with E-state index < -0.39 is 12.0 Å². The Labute approximate surface area is 74.0 Å². The highest BCUT2D eigenvalue weighted by molar-refractivity contribution is 5.72. The molecule has 0 saturated carbocycles. The second-order valence-electron chi connectivity index (χ2n) is 3.62. The van der Waals surface area contributed by atoms with Gasteiger partial charge in [-0.1, -0.05) is 33.1 Å². The molecule has 3 N–H and O–H groups in total. The number of carboxylic acid groups (broad SMARTS) is 1. The minimum absolute atomic E-state index is 0.599. The molecular formula is C9H19NO2. The Kier molecular flexibility index (Phi) is 5.72. The molecule has 0 rings (SSSR count). The summed E-state index contributed by atoms with van der Waals surface area (Å²) in [5.41, 5.74) is 5.33. The fourth-order valence-electron chi connectivity index (χ4n) is 1.04. The van der Waals surface area contributed by atoms with E-state index in [0.717, 1.165) is 19.3 Å². The van der Waals surface area contributed by atoms with Gasteiger partial charge in [0.05, 0.1) is 0 Å². The SMILES string of the molecule is CC(C)CCCC[C@@H](N)C(=O)O. The number of aliphatic carboxylic acids is 1. The van der Waals surface area contributed by atoms with Gasteiger partial charge >= 0.3 is 5.97 Å². The summed E-state index contributed by atoms with van der Waals surface area (Å²) in [5.74, 6) is -0.189. The van der Waals surface area contributed by atoms with Crippen LogP contribution in [0.25, 0.3) is 0 Å². The van der Waals surface area contributed by atoms with Crippen LogP contribution in [0.5, 0.6) is 0 Å². The minimum atomic E-state index is -0.889. The summed E-state index contributed by atoms with van der Waals surface area (Å²) in [6, 6.07) is -0.669. The lowest BCUT2D eigenvalue weighted by atomic mass is 10.0. The van der Waals surface area contributed by atoms with Crippen molar-refractivity contribution in [3.05, 3.63) is 0 Å². The molecule has 0 heterocycles. The van der Waals surface area contributed by atoms with Crippen LogP contribution in [0.4, 0.5) is 0 Å². The van der Waals surface area contributed by atoms with E-state index in [4.69, 9.17) is 10.8 Å². The largest absolute Gasteiger partial charge is 0.480 e. The van der Waals surface area contributed by atoms with Gasteiger partial charge in [-0.2, -0.15) is 0 Å². The van der Waals surface area contributed by atoms with Gasteiger partial charge in [0.25, 0.3) is 0 Å². The maximum absolute atomic E-state index is 10.3. The maximum Gasteiger partial charge on any atom is 0.320 e. The number of carboxylic acids is 1. The van der Waals surface area contributed by atoms with Gasteiger partial charge in [0.15, 0.2) is 0 Å². The number of hydrogen-bond donors (Lipinski definition) is 2. The Morgan fingerprint density at radius 3 is 2.25 bits per heavy atom. The zero-order chi connectivity index (χ0) is 9.56. The summed E-state index contributed by atoms with van der Waals surface area (Å²) in [4.78, 5) is 10.3. The van der Waals surface area contributed by atoms with E-state index in [0.29, 0.717) is 12.3 Å². The van der Waals surface area contributed by atoms with Crippen LogP contribution in [-0.2, 0) is 4.79 Å². The third kappa shape index (κ3) is 6.16. The first kappa shape index (κ1) is 11.4. The average molecular weight is 173 g/mol. The zero-order valence-electron chi connectivity index (χ0n) is 7.92. The Bertz CT molecular complexity index is 134. The molecule has 0 unspecified atom stereocenters. The third-order valence-corrected chi connectivity index (χ3v) is 1.86. The first-order chi connectivity index (χ1) is 5.54. The summed E-state index contributed by atoms with van der Waals surface area (Å²) in [7, 11) is 0. The molecule has 0 aromatic rings. The highest BCUT2D eigenvalue weighted by atomic mass is 16.4. The van der Waals surface area contributed by atoms with Crippen molar-refractivity contribution >= 4 is 5.97 Å². The molecule has 0 aliphatic heterocycles. The predicted molar refractivity (Wildman–Crippen MR) is 48.9 cm³/mol. The summed E-state index contributed by atoms with van der Waals surface area (Å²) in [6.07, 6.45) is 3.76. The molecule has 12 heavy (non-hydrogen) atoms. The molecule has 0 radical (unpaired) electrons. The third-order valence-electron chi connectivity index (χ3n) is 1.86. The molecule has 3 nitrogen and oxygen atoms in total. The first-order valence-corrected chi connectivity index (χ1v) is 4.52. The van der Waals surface area contributed by atoms with Crippen LogP contribution < -0.4 is 5.73 Å². The van der Waals surface area contributed by atoms with Gasteiger partial charge in [-0.3, -0.25) is 4.79 Å². The quantitative estimate of drug-likeness (QED) is 0.600. The smallest absolute Gasteiger partial charge is 0.320 e. The van der Waals surface area contributed by atoms with E-state index in [1.807, 2.05) is 0 Å². The molecule has 0 fully saturated rings. The van der Waals surface area contributed by atoms with E-state index in [1.165, 1.54) is 0 Å². The molecule has 0 amide bonds. The van der Waals surface area contributed by atoms with Crippen molar-refractivity contribution in [3.63, 3.8) is 0 Å². The second-order valence-corrected chi connectivity index (χ2v) is 3.62. The standard InChI is InChI=1S/C9H19NO2/c1-7(2)5-3-4-6-8(10)9(11)12/h7-8H,3-6,10H2,1-2H3,(H,11,12)/t8-/m1/s1. The summed E-state index contributed by atoms with van der Waals surface area (Å²) in [6.45, 7) is 4.33. The van der Waals surface area contributed by atoms with Gasteiger partial charge in [-0.05, 0) is 12.3 Å². The Hall–Kier alpha value is -0.570. The molecule has 0 aliphatic carbocycles. The lowest BCUT2D eigenvalue weighted by Gasteiger charge is -2.06. The van der Waals surface area contributed by atoms with Crippen molar-refractivity contribution in [2.45, 2.75) is 45.6 Å². The Morgan fingerprint density at radius 2 is 1.83 bits per heavy atom. The van der Waals surface area contributed by atoms with E-state index in [9.17, 15) is 4.79 Å². The van der Waals surface area contributed by atoms with Crippen molar-refractivity contribution in [1.82, 2.24) is 0 Å². The Morgan fingerprint density at radius 1 is 1.33 bits per heavy atom. The van der Waals surface area contributed by atoms with E-state index in [2.05, 4.69) is 13.8 Å². The number of hydrogen-bond acceptors (Lipinski definition) is 2. The molecule has 3 heteroatoms. The normalized spacial score (nSPS) is 13.3. The predicted octanol–water partition coefficient (Wildman–Crippen LogP) is 1.61. The zero-order valence-corrected chi connectivity index (χ0v) is 7.92. The van der Waals surface area contributed by atoms with Gasteiger partial charge < -0.3 is 10.8 Å². The van der Waals surface area contributed by atoms with Crippen molar-refractivity contribution in [1.29, 1.82) is 0 Å². The van der Waals surface area contributed by atoms with E-state index in [1.54, 1.807) is 0 Å². The molecular weight excluding hydrogens is 154 g/mol. The molecule has 0 saturated heterocycles. The number of rotatable bonds is 6. The van der Waals surface area contributed by atoms with Gasteiger partial charge in [0.1, 0.15) is 6.04 Å². The highest BCUT2D eigenvalue weighted by Crippen LogP contribution is 2.08. The first-order valence-electron chi connectivity index (χ1n) is 4.52. The van der Waals surface area contributed by atoms with Crippen molar-refractivity contribution in [3.8, 4) is 0 Å². The fourth-order valence-corrected chi connectivity index (χ4v) is 1.04. The average Bonchev–Trinajstić information content (AvgIpc) is 1.97. The fraction of sp³-hybridized carbons (Fsp3) is 0.889. The molecule has 72 valence electrons. The van der Waals surface area contributed by atoms with E-state index in [-0.39, 0.29) is 0 Å². The number of carbonyl (C=O) groups is 1. The van der Waals surface area contributed by atoms with Crippen LogP contribution in [0.15, 0.2) is 0 Å². The van der Waals surface area contributed by atoms with Gasteiger partial charge in [-0.15, -0.1) is 0 Å². The van der Waals surface area contributed by atoms with Gasteiger partial charge in [-0.25, -0.2) is 0 Å². The van der Waals surface area contributed by atoms with Crippen LogP contribution in [-0.4, -0.2) is 17.1 Å². The van der Waals surface area contributed by atoms with Crippen molar-refractivity contribution in [2.75, 3.05) is 0 Å².